The maximum absolute atomic E-state index is 11.9. The van der Waals surface area contributed by atoms with Crippen LogP contribution in [0.1, 0.15) is 26.7 Å². The molecule has 84 valence electrons. The van der Waals surface area contributed by atoms with E-state index in [1.54, 1.807) is 24.3 Å². The lowest BCUT2D eigenvalue weighted by Crippen LogP contribution is -2.09. The van der Waals surface area contributed by atoms with E-state index in [-0.39, 0.29) is 5.75 Å². The van der Waals surface area contributed by atoms with Crippen molar-refractivity contribution >= 4 is 9.84 Å². The summed E-state index contributed by atoms with van der Waals surface area (Å²) in [5, 5.41) is 0. The maximum Gasteiger partial charge on any atom is 0.178 e. The van der Waals surface area contributed by atoms with Crippen LogP contribution in [0.3, 0.4) is 0 Å². The first kappa shape index (κ1) is 12.2. The Balaban J connectivity index is 2.69. The molecule has 15 heavy (non-hydrogen) atoms. The van der Waals surface area contributed by atoms with Crippen LogP contribution in [0.5, 0.6) is 0 Å². The van der Waals surface area contributed by atoms with Crippen molar-refractivity contribution < 1.29 is 8.42 Å². The summed E-state index contributed by atoms with van der Waals surface area (Å²) in [5.41, 5.74) is 0. The lowest BCUT2D eigenvalue weighted by atomic mass is 10.1. The van der Waals surface area contributed by atoms with Crippen molar-refractivity contribution in [1.29, 1.82) is 0 Å². The van der Waals surface area contributed by atoms with Gasteiger partial charge in [0, 0.05) is 0 Å². The molecule has 0 aliphatic carbocycles. The molecule has 0 saturated heterocycles. The smallest absolute Gasteiger partial charge is 0.178 e. The molecule has 1 atom stereocenters. The zero-order valence-corrected chi connectivity index (χ0v) is 10.1. The van der Waals surface area contributed by atoms with Crippen LogP contribution in [-0.2, 0) is 9.84 Å². The van der Waals surface area contributed by atoms with Gasteiger partial charge in [-0.1, -0.05) is 38.5 Å². The molecular formula is C12H18O2S. The van der Waals surface area contributed by atoms with E-state index in [9.17, 15) is 8.42 Å². The zero-order chi connectivity index (χ0) is 11.3. The quantitative estimate of drug-likeness (QED) is 0.773. The minimum absolute atomic E-state index is 0.256. The first-order valence-corrected chi connectivity index (χ1v) is 6.99. The molecule has 0 aromatic heterocycles. The molecule has 0 aliphatic rings. The van der Waals surface area contributed by atoms with Crippen molar-refractivity contribution in [3.8, 4) is 0 Å². The van der Waals surface area contributed by atoms with Crippen LogP contribution in [0.2, 0.25) is 0 Å². The third kappa shape index (κ3) is 3.67. The highest BCUT2D eigenvalue weighted by molar-refractivity contribution is 7.91. The Labute approximate surface area is 92.2 Å². The molecule has 2 nitrogen and oxygen atoms in total. The second kappa shape index (κ2) is 5.31. The van der Waals surface area contributed by atoms with Crippen LogP contribution < -0.4 is 0 Å². The predicted molar refractivity (Wildman–Crippen MR) is 62.6 cm³/mol. The molecule has 0 amide bonds. The molecule has 1 unspecified atom stereocenters. The van der Waals surface area contributed by atoms with Crippen LogP contribution in [0.25, 0.3) is 0 Å². The van der Waals surface area contributed by atoms with Gasteiger partial charge in [0.05, 0.1) is 10.6 Å². The first-order chi connectivity index (χ1) is 7.06. The van der Waals surface area contributed by atoms with Crippen LogP contribution in [-0.4, -0.2) is 14.2 Å². The number of sulfone groups is 1. The zero-order valence-electron chi connectivity index (χ0n) is 9.31. The van der Waals surface area contributed by atoms with Crippen LogP contribution in [0.15, 0.2) is 35.2 Å². The van der Waals surface area contributed by atoms with Crippen molar-refractivity contribution in [1.82, 2.24) is 0 Å². The summed E-state index contributed by atoms with van der Waals surface area (Å²) in [6.45, 7) is 4.17. The molecule has 0 fully saturated rings. The predicted octanol–water partition coefficient (Wildman–Crippen LogP) is 2.90. The second-order valence-electron chi connectivity index (χ2n) is 3.93. The van der Waals surface area contributed by atoms with Gasteiger partial charge in [0.2, 0.25) is 0 Å². The SMILES string of the molecule is CCC(C)CCS(=O)(=O)c1ccccc1. The van der Waals surface area contributed by atoms with Crippen molar-refractivity contribution in [2.45, 2.75) is 31.6 Å². The normalized spacial score (nSPS) is 13.7. The fourth-order valence-electron chi connectivity index (χ4n) is 1.31. The first-order valence-electron chi connectivity index (χ1n) is 5.34. The maximum atomic E-state index is 11.9. The molecule has 1 aromatic carbocycles. The summed E-state index contributed by atoms with van der Waals surface area (Å²) in [7, 11) is -3.07. The molecule has 0 radical (unpaired) electrons. The van der Waals surface area contributed by atoms with Crippen LogP contribution in [0, 0.1) is 5.92 Å². The molecule has 0 spiro atoms. The largest absolute Gasteiger partial charge is 0.224 e. The lowest BCUT2D eigenvalue weighted by molar-refractivity contribution is 0.532. The number of benzene rings is 1. The summed E-state index contributed by atoms with van der Waals surface area (Å²) in [4.78, 5) is 0.438. The monoisotopic (exact) mass is 226 g/mol. The minimum Gasteiger partial charge on any atom is -0.224 e. The molecule has 0 saturated carbocycles. The van der Waals surface area contributed by atoms with Crippen molar-refractivity contribution in [3.63, 3.8) is 0 Å². The van der Waals surface area contributed by atoms with E-state index in [1.165, 1.54) is 0 Å². The highest BCUT2D eigenvalue weighted by atomic mass is 32.2. The van der Waals surface area contributed by atoms with Gasteiger partial charge < -0.3 is 0 Å². The Hall–Kier alpha value is -0.830. The van der Waals surface area contributed by atoms with Gasteiger partial charge in [-0.3, -0.25) is 0 Å². The summed E-state index contributed by atoms with van der Waals surface area (Å²) in [5.74, 6) is 0.731. The third-order valence-electron chi connectivity index (χ3n) is 2.68. The van der Waals surface area contributed by atoms with Crippen molar-refractivity contribution in [2.24, 2.45) is 5.92 Å². The minimum atomic E-state index is -3.07. The van der Waals surface area contributed by atoms with E-state index in [4.69, 9.17) is 0 Å². The van der Waals surface area contributed by atoms with Crippen molar-refractivity contribution in [3.05, 3.63) is 30.3 Å². The Morgan fingerprint density at radius 1 is 1.20 bits per heavy atom. The van der Waals surface area contributed by atoms with Gasteiger partial charge >= 0.3 is 0 Å². The van der Waals surface area contributed by atoms with Gasteiger partial charge in [-0.15, -0.1) is 0 Å². The lowest BCUT2D eigenvalue weighted by Gasteiger charge is -2.08. The summed E-state index contributed by atoms with van der Waals surface area (Å²) < 4.78 is 23.7. The summed E-state index contributed by atoms with van der Waals surface area (Å²) in [6.07, 6.45) is 1.78. The molecule has 1 rings (SSSR count). The fraction of sp³-hybridized carbons (Fsp3) is 0.500. The Morgan fingerprint density at radius 3 is 2.33 bits per heavy atom. The third-order valence-corrected chi connectivity index (χ3v) is 4.44. The Kier molecular flexibility index (Phi) is 4.33. The van der Waals surface area contributed by atoms with Gasteiger partial charge in [-0.25, -0.2) is 8.42 Å². The molecule has 0 N–H and O–H groups in total. The molecule has 0 bridgehead atoms. The summed E-state index contributed by atoms with van der Waals surface area (Å²) in [6, 6.07) is 8.66. The molecule has 0 heterocycles. The van der Waals surface area contributed by atoms with E-state index in [2.05, 4.69) is 13.8 Å². The number of hydrogen-bond donors (Lipinski definition) is 0. The van der Waals surface area contributed by atoms with Gasteiger partial charge in [0.25, 0.3) is 0 Å². The van der Waals surface area contributed by atoms with Gasteiger partial charge in [0.1, 0.15) is 0 Å². The standard InChI is InChI=1S/C12H18O2S/c1-3-11(2)9-10-15(13,14)12-7-5-4-6-8-12/h4-8,11H,3,9-10H2,1-2H3. The second-order valence-corrected chi connectivity index (χ2v) is 6.04. The molecule has 1 aromatic rings. The topological polar surface area (TPSA) is 34.1 Å². The number of hydrogen-bond acceptors (Lipinski definition) is 2. The van der Waals surface area contributed by atoms with Gasteiger partial charge in [0.15, 0.2) is 9.84 Å². The van der Waals surface area contributed by atoms with Crippen LogP contribution in [0.4, 0.5) is 0 Å². The van der Waals surface area contributed by atoms with Gasteiger partial charge in [-0.05, 0) is 24.5 Å². The molecular weight excluding hydrogens is 208 g/mol. The van der Waals surface area contributed by atoms with E-state index in [0.29, 0.717) is 10.8 Å². The van der Waals surface area contributed by atoms with Crippen molar-refractivity contribution in [2.75, 3.05) is 5.75 Å². The van der Waals surface area contributed by atoms with E-state index in [1.807, 2.05) is 6.07 Å². The van der Waals surface area contributed by atoms with Gasteiger partial charge in [-0.2, -0.15) is 0 Å². The summed E-state index contributed by atoms with van der Waals surface area (Å²) >= 11 is 0. The van der Waals surface area contributed by atoms with E-state index < -0.39 is 9.84 Å². The van der Waals surface area contributed by atoms with E-state index >= 15 is 0 Å². The molecule has 0 aliphatic heterocycles. The van der Waals surface area contributed by atoms with Crippen LogP contribution >= 0.6 is 0 Å². The fourth-order valence-corrected chi connectivity index (χ4v) is 2.83. The molecule has 3 heteroatoms. The highest BCUT2D eigenvalue weighted by Gasteiger charge is 2.14. The number of rotatable bonds is 5. The van der Waals surface area contributed by atoms with E-state index in [0.717, 1.165) is 12.8 Å². The average molecular weight is 226 g/mol. The highest BCUT2D eigenvalue weighted by Crippen LogP contribution is 2.15. The Bertz CT molecular complexity index is 381. The average Bonchev–Trinajstić information content (AvgIpc) is 2.27. The Morgan fingerprint density at radius 2 is 1.80 bits per heavy atom.